The molecule has 39 heavy (non-hydrogen) atoms. The van der Waals surface area contributed by atoms with Crippen LogP contribution in [-0.2, 0) is 32.6 Å². The minimum absolute atomic E-state index is 0.101. The number of carbonyl (C=O) groups is 2. The number of hydrogen-bond donors (Lipinski definition) is 0. The van der Waals surface area contributed by atoms with Crippen LogP contribution in [0.5, 0.6) is 0 Å². The predicted octanol–water partition coefficient (Wildman–Crippen LogP) is 5.19. The molecule has 1 aromatic carbocycles. The predicted molar refractivity (Wildman–Crippen MR) is 144 cm³/mol. The molecule has 1 aliphatic heterocycles. The molecule has 2 unspecified atom stereocenters. The second-order valence-electron chi connectivity index (χ2n) is 11.7. The van der Waals surface area contributed by atoms with Gasteiger partial charge in [0, 0.05) is 29.3 Å². The fourth-order valence-corrected chi connectivity index (χ4v) is 6.96. The Balaban J connectivity index is 1.20. The number of benzene rings is 1. The van der Waals surface area contributed by atoms with Gasteiger partial charge in [0.25, 0.3) is 5.78 Å². The van der Waals surface area contributed by atoms with Crippen LogP contribution >= 0.6 is 11.6 Å². The Labute approximate surface area is 232 Å². The first-order valence-corrected chi connectivity index (χ1v) is 14.3. The number of esters is 1. The van der Waals surface area contributed by atoms with Crippen molar-refractivity contribution in [3.63, 3.8) is 0 Å². The summed E-state index contributed by atoms with van der Waals surface area (Å²) >= 11 is 6.60. The summed E-state index contributed by atoms with van der Waals surface area (Å²) in [6, 6.07) is 10.2. The van der Waals surface area contributed by atoms with Gasteiger partial charge in [-0.05, 0) is 81.5 Å². The van der Waals surface area contributed by atoms with Crippen LogP contribution in [-0.4, -0.2) is 36.9 Å². The Kier molecular flexibility index (Phi) is 6.46. The number of ketones is 1. The molecule has 2 aliphatic carbocycles. The molecule has 0 N–H and O–H groups in total. The Bertz CT molecular complexity index is 1490. The maximum atomic E-state index is 13.5. The van der Waals surface area contributed by atoms with Crippen LogP contribution < -0.4 is 0 Å². The molecule has 3 heterocycles. The second kappa shape index (κ2) is 9.71. The van der Waals surface area contributed by atoms with Crippen LogP contribution in [0.15, 0.2) is 24.3 Å². The van der Waals surface area contributed by atoms with Gasteiger partial charge in [0.05, 0.1) is 11.5 Å². The maximum Gasteiger partial charge on any atom is 0.317 e. The summed E-state index contributed by atoms with van der Waals surface area (Å²) in [5.74, 6) is -0.441. The van der Waals surface area contributed by atoms with Crippen molar-refractivity contribution >= 4 is 29.1 Å². The van der Waals surface area contributed by atoms with E-state index in [0.29, 0.717) is 29.5 Å². The minimum Gasteiger partial charge on any atom is -0.458 e. The average molecular weight is 546 g/mol. The third kappa shape index (κ3) is 4.71. The number of cyclic esters (lactones) is 1. The van der Waals surface area contributed by atoms with Crippen molar-refractivity contribution in [2.24, 2.45) is 11.8 Å². The van der Waals surface area contributed by atoms with E-state index in [0.717, 1.165) is 61.0 Å². The zero-order valence-corrected chi connectivity index (χ0v) is 23.1. The Morgan fingerprint density at radius 1 is 1.15 bits per heavy atom. The number of nitriles is 1. The number of nitrogens with zero attached hydrogens (tertiary/aromatic N) is 5. The van der Waals surface area contributed by atoms with Crippen molar-refractivity contribution < 1.29 is 14.3 Å². The molecule has 8 nitrogen and oxygen atoms in total. The first-order valence-electron chi connectivity index (χ1n) is 13.9. The molecular formula is C30H32ClN5O3. The van der Waals surface area contributed by atoms with Gasteiger partial charge in [0.2, 0.25) is 0 Å². The second-order valence-corrected chi connectivity index (χ2v) is 12.1. The van der Waals surface area contributed by atoms with Crippen LogP contribution in [0.1, 0.15) is 79.7 Å². The lowest BCUT2D eigenvalue weighted by molar-refractivity contribution is -0.185. The van der Waals surface area contributed by atoms with E-state index in [4.69, 9.17) is 16.3 Å². The van der Waals surface area contributed by atoms with Crippen LogP contribution in [0, 0.1) is 37.0 Å². The lowest BCUT2D eigenvalue weighted by Crippen LogP contribution is -2.52. The van der Waals surface area contributed by atoms with Gasteiger partial charge in [0.15, 0.2) is 11.6 Å². The molecule has 202 valence electrons. The van der Waals surface area contributed by atoms with Gasteiger partial charge in [-0.1, -0.05) is 36.6 Å². The van der Waals surface area contributed by atoms with Crippen LogP contribution in [0.3, 0.4) is 0 Å². The SMILES string of the molecule is Cc1cc(C)n2nc(CC3C(=O)CC(CCc4ccc(C5(C#N)CC5)c(Cl)c4)(C4CCCC4)OC3=O)nc2n1. The van der Waals surface area contributed by atoms with E-state index >= 15 is 0 Å². The summed E-state index contributed by atoms with van der Waals surface area (Å²) in [7, 11) is 0. The highest BCUT2D eigenvalue weighted by atomic mass is 35.5. The maximum absolute atomic E-state index is 13.5. The van der Waals surface area contributed by atoms with Gasteiger partial charge in [-0.25, -0.2) is 9.50 Å². The summed E-state index contributed by atoms with van der Waals surface area (Å²) in [5, 5.41) is 14.7. The Hall–Kier alpha value is -3.31. The molecule has 3 aromatic rings. The van der Waals surface area contributed by atoms with Crippen molar-refractivity contribution in [3.05, 3.63) is 57.6 Å². The quantitative estimate of drug-likeness (QED) is 0.297. The van der Waals surface area contributed by atoms with Gasteiger partial charge in [-0.2, -0.15) is 10.2 Å². The summed E-state index contributed by atoms with van der Waals surface area (Å²) in [5.41, 5.74) is 2.39. The molecule has 6 rings (SSSR count). The lowest BCUT2D eigenvalue weighted by Gasteiger charge is -2.43. The number of rotatable bonds is 7. The summed E-state index contributed by atoms with van der Waals surface area (Å²) < 4.78 is 7.91. The van der Waals surface area contributed by atoms with E-state index in [1.165, 1.54) is 0 Å². The molecule has 3 fully saturated rings. The standard InChI is InChI=1S/C30H32ClN5O3/c1-18-13-19(2)36-28(33-18)34-26(35-36)15-22-25(37)16-30(39-27(22)38,21-5-3-4-6-21)10-9-20-7-8-23(24(31)14-20)29(17-32)11-12-29/h7-8,13-14,21-22H,3-6,9-12,15-16H2,1-2H3. The molecule has 0 amide bonds. The normalized spacial score (nSPS) is 24.6. The fraction of sp³-hybridized carbons (Fsp3) is 0.533. The number of aromatic nitrogens is 4. The molecule has 9 heteroatoms. The van der Waals surface area contributed by atoms with Gasteiger partial charge in [-0.15, -0.1) is 5.10 Å². The third-order valence-corrected chi connectivity index (χ3v) is 9.26. The van der Waals surface area contributed by atoms with Crippen molar-refractivity contribution in [2.45, 2.75) is 89.1 Å². The topological polar surface area (TPSA) is 110 Å². The van der Waals surface area contributed by atoms with Crippen LogP contribution in [0.25, 0.3) is 5.78 Å². The summed E-state index contributed by atoms with van der Waals surface area (Å²) in [4.78, 5) is 35.8. The van der Waals surface area contributed by atoms with Gasteiger partial charge in [-0.3, -0.25) is 9.59 Å². The monoisotopic (exact) mass is 545 g/mol. The smallest absolute Gasteiger partial charge is 0.317 e. The molecule has 2 aromatic heterocycles. The van der Waals surface area contributed by atoms with Gasteiger partial charge in [0.1, 0.15) is 11.5 Å². The first kappa shape index (κ1) is 25.9. The Morgan fingerprint density at radius 3 is 2.59 bits per heavy atom. The zero-order valence-electron chi connectivity index (χ0n) is 22.4. The molecular weight excluding hydrogens is 514 g/mol. The van der Waals surface area contributed by atoms with Crippen LogP contribution in [0.4, 0.5) is 0 Å². The van der Waals surface area contributed by atoms with Crippen LogP contribution in [0.2, 0.25) is 5.02 Å². The lowest BCUT2D eigenvalue weighted by atomic mass is 9.73. The summed E-state index contributed by atoms with van der Waals surface area (Å²) in [6.07, 6.45) is 7.26. The molecule has 3 aliphatic rings. The number of halogens is 1. The Morgan fingerprint density at radius 2 is 1.92 bits per heavy atom. The molecule has 2 atom stereocenters. The molecule has 2 saturated carbocycles. The highest BCUT2D eigenvalue weighted by Crippen LogP contribution is 2.50. The molecule has 0 bridgehead atoms. The third-order valence-electron chi connectivity index (χ3n) is 8.95. The largest absolute Gasteiger partial charge is 0.458 e. The highest BCUT2D eigenvalue weighted by molar-refractivity contribution is 6.31. The first-order chi connectivity index (χ1) is 18.7. The summed E-state index contributed by atoms with van der Waals surface area (Å²) in [6.45, 7) is 3.81. The number of fused-ring (bicyclic) bond motifs is 1. The molecule has 1 saturated heterocycles. The number of carbonyl (C=O) groups excluding carboxylic acids is 2. The van der Waals surface area contributed by atoms with Gasteiger partial charge >= 0.3 is 5.97 Å². The van der Waals surface area contributed by atoms with E-state index in [-0.39, 0.29) is 24.5 Å². The number of aryl methyl sites for hydroxylation is 3. The van der Waals surface area contributed by atoms with Crippen molar-refractivity contribution in [1.29, 1.82) is 5.26 Å². The molecule has 0 radical (unpaired) electrons. The van der Waals surface area contributed by atoms with E-state index < -0.39 is 22.9 Å². The van der Waals surface area contributed by atoms with E-state index in [1.807, 2.05) is 38.1 Å². The van der Waals surface area contributed by atoms with Gasteiger partial charge < -0.3 is 4.74 Å². The van der Waals surface area contributed by atoms with Crippen molar-refractivity contribution in [2.75, 3.05) is 0 Å². The minimum atomic E-state index is -0.909. The zero-order chi connectivity index (χ0) is 27.4. The average Bonchev–Trinajstić information content (AvgIpc) is 3.28. The number of ether oxygens (including phenoxy) is 1. The van der Waals surface area contributed by atoms with E-state index in [2.05, 4.69) is 21.1 Å². The number of Topliss-reactive ketones (excluding diaryl/α,β-unsaturated/α-hetero) is 1. The molecule has 0 spiro atoms. The van der Waals surface area contributed by atoms with Crippen molar-refractivity contribution in [3.8, 4) is 6.07 Å². The highest BCUT2D eigenvalue weighted by Gasteiger charge is 2.52. The number of hydrogen-bond acceptors (Lipinski definition) is 7. The van der Waals surface area contributed by atoms with E-state index in [1.54, 1.807) is 4.52 Å². The van der Waals surface area contributed by atoms with E-state index in [9.17, 15) is 14.9 Å². The fourth-order valence-electron chi connectivity index (χ4n) is 6.58. The van der Waals surface area contributed by atoms with Crippen molar-refractivity contribution in [1.82, 2.24) is 19.6 Å².